The van der Waals surface area contributed by atoms with E-state index in [-0.39, 0.29) is 11.6 Å². The lowest BCUT2D eigenvalue weighted by Crippen LogP contribution is -2.32. The van der Waals surface area contributed by atoms with Crippen LogP contribution in [0.25, 0.3) is 5.52 Å². The Hall–Kier alpha value is -2.11. The van der Waals surface area contributed by atoms with Crippen molar-refractivity contribution in [3.8, 4) is 0 Å². The van der Waals surface area contributed by atoms with Crippen molar-refractivity contribution in [1.82, 2.24) is 14.2 Å². The highest BCUT2D eigenvalue weighted by Crippen LogP contribution is 2.26. The zero-order chi connectivity index (χ0) is 17.4. The quantitative estimate of drug-likeness (QED) is 0.790. The lowest BCUT2D eigenvalue weighted by atomic mass is 10.0. The van der Waals surface area contributed by atoms with Crippen molar-refractivity contribution in [3.05, 3.63) is 68.9 Å². The Morgan fingerprint density at radius 3 is 2.54 bits per heavy atom. The fourth-order valence-electron chi connectivity index (χ4n) is 2.75. The molecule has 0 amide bonds. The van der Waals surface area contributed by atoms with Gasteiger partial charge in [0.2, 0.25) is 0 Å². The summed E-state index contributed by atoms with van der Waals surface area (Å²) in [5.41, 5.74) is 2.34. The minimum atomic E-state index is -0.766. The Morgan fingerprint density at radius 1 is 1.25 bits per heavy atom. The van der Waals surface area contributed by atoms with Gasteiger partial charge in [0.25, 0.3) is 0 Å². The van der Waals surface area contributed by atoms with E-state index in [9.17, 15) is 9.90 Å². The third-order valence-electron chi connectivity index (χ3n) is 4.15. The minimum Gasteiger partial charge on any atom is -0.387 e. The predicted molar refractivity (Wildman–Crippen MR) is 94.5 cm³/mol. The Labute approximate surface area is 145 Å². The summed E-state index contributed by atoms with van der Waals surface area (Å²) in [4.78, 5) is 12.9. The molecule has 0 unspecified atom stereocenters. The number of rotatable bonds is 4. The number of halogens is 1. The van der Waals surface area contributed by atoms with E-state index < -0.39 is 6.10 Å². The van der Waals surface area contributed by atoms with E-state index in [1.54, 1.807) is 17.6 Å². The van der Waals surface area contributed by atoms with E-state index in [1.807, 2.05) is 44.2 Å². The van der Waals surface area contributed by atoms with Crippen LogP contribution in [0.2, 0.25) is 5.02 Å². The Balaban J connectivity index is 2.26. The van der Waals surface area contributed by atoms with Crippen LogP contribution in [0.4, 0.5) is 0 Å². The smallest absolute Gasteiger partial charge is 0.349 e. The van der Waals surface area contributed by atoms with Crippen molar-refractivity contribution in [1.29, 1.82) is 0 Å². The third kappa shape index (κ3) is 2.85. The van der Waals surface area contributed by atoms with Crippen LogP contribution in [0.15, 0.2) is 41.2 Å². The van der Waals surface area contributed by atoms with E-state index in [2.05, 4.69) is 5.10 Å². The number of fused-ring (bicyclic) bond motifs is 1. The summed E-state index contributed by atoms with van der Waals surface area (Å²) in [6.07, 6.45) is -0.766. The van der Waals surface area contributed by atoms with Crippen molar-refractivity contribution >= 4 is 17.1 Å². The lowest BCUT2D eigenvalue weighted by Gasteiger charge is -2.20. The minimum absolute atomic E-state index is 0.0309. The standard InChI is InChI=1S/C18H20ClN3O2/c1-11(2)17(23)15-9-14-16(19)12(3)20-22(14)18(24)21(15)10-13-7-5-4-6-8-13/h4-9,11,17,23H,10H2,1-3H3/t17-/m1/s1. The molecule has 0 fully saturated rings. The maximum Gasteiger partial charge on any atom is 0.349 e. The summed E-state index contributed by atoms with van der Waals surface area (Å²) in [7, 11) is 0. The molecule has 0 saturated heterocycles. The molecule has 3 aromatic rings. The molecule has 1 atom stereocenters. The first-order valence-corrected chi connectivity index (χ1v) is 8.28. The van der Waals surface area contributed by atoms with Crippen LogP contribution in [0.5, 0.6) is 0 Å². The molecule has 5 nitrogen and oxygen atoms in total. The molecule has 1 aromatic carbocycles. The van der Waals surface area contributed by atoms with Gasteiger partial charge in [-0.05, 0) is 24.5 Å². The van der Waals surface area contributed by atoms with E-state index in [4.69, 9.17) is 11.6 Å². The van der Waals surface area contributed by atoms with Gasteiger partial charge < -0.3 is 5.11 Å². The lowest BCUT2D eigenvalue weighted by molar-refractivity contribution is 0.117. The zero-order valence-electron chi connectivity index (χ0n) is 13.9. The zero-order valence-corrected chi connectivity index (χ0v) is 14.7. The molecule has 0 aliphatic carbocycles. The second-order valence-corrected chi connectivity index (χ2v) is 6.69. The molecule has 0 aliphatic rings. The maximum absolute atomic E-state index is 12.9. The van der Waals surface area contributed by atoms with Crippen molar-refractivity contribution in [2.75, 3.05) is 0 Å². The Bertz CT molecular complexity index is 929. The fourth-order valence-corrected chi connectivity index (χ4v) is 2.92. The van der Waals surface area contributed by atoms with Gasteiger partial charge in [-0.15, -0.1) is 0 Å². The van der Waals surface area contributed by atoms with Crippen LogP contribution >= 0.6 is 11.6 Å². The van der Waals surface area contributed by atoms with E-state index >= 15 is 0 Å². The molecule has 3 rings (SSSR count). The van der Waals surface area contributed by atoms with Crippen LogP contribution in [-0.4, -0.2) is 19.3 Å². The molecule has 0 spiro atoms. The topological polar surface area (TPSA) is 59.5 Å². The third-order valence-corrected chi connectivity index (χ3v) is 4.61. The summed E-state index contributed by atoms with van der Waals surface area (Å²) in [6, 6.07) is 11.4. The summed E-state index contributed by atoms with van der Waals surface area (Å²) in [5, 5.41) is 15.3. The van der Waals surface area contributed by atoms with Crippen LogP contribution in [-0.2, 0) is 6.54 Å². The summed E-state index contributed by atoms with van der Waals surface area (Å²) < 4.78 is 2.87. The molecule has 0 bridgehead atoms. The Kier molecular flexibility index (Phi) is 4.47. The first-order chi connectivity index (χ1) is 11.4. The van der Waals surface area contributed by atoms with Gasteiger partial charge in [0, 0.05) is 0 Å². The van der Waals surface area contributed by atoms with Gasteiger partial charge in [0.05, 0.1) is 34.6 Å². The van der Waals surface area contributed by atoms with Gasteiger partial charge in [-0.2, -0.15) is 9.61 Å². The molecule has 2 aromatic heterocycles. The second-order valence-electron chi connectivity index (χ2n) is 6.31. The molecule has 1 N–H and O–H groups in total. The maximum atomic E-state index is 12.9. The monoisotopic (exact) mass is 345 g/mol. The largest absolute Gasteiger partial charge is 0.387 e. The molecule has 0 saturated carbocycles. The molecule has 0 aliphatic heterocycles. The van der Waals surface area contributed by atoms with Gasteiger partial charge in [0.1, 0.15) is 0 Å². The predicted octanol–water partition coefficient (Wildman–Crippen LogP) is 3.20. The molecule has 6 heteroatoms. The van der Waals surface area contributed by atoms with Gasteiger partial charge >= 0.3 is 5.69 Å². The summed E-state index contributed by atoms with van der Waals surface area (Å²) in [5.74, 6) is -0.0309. The van der Waals surface area contributed by atoms with Gasteiger partial charge in [-0.3, -0.25) is 4.57 Å². The normalized spacial score (nSPS) is 12.9. The highest BCUT2D eigenvalue weighted by molar-refractivity contribution is 6.34. The van der Waals surface area contributed by atoms with Gasteiger partial charge in [-0.25, -0.2) is 4.79 Å². The number of hydrogen-bond acceptors (Lipinski definition) is 3. The number of nitrogens with zero attached hydrogens (tertiary/aromatic N) is 3. The molecule has 2 heterocycles. The van der Waals surface area contributed by atoms with E-state index in [0.717, 1.165) is 5.56 Å². The number of hydrogen-bond donors (Lipinski definition) is 1. The van der Waals surface area contributed by atoms with Crippen molar-refractivity contribution < 1.29 is 5.11 Å². The van der Waals surface area contributed by atoms with Crippen molar-refractivity contribution in [2.24, 2.45) is 5.92 Å². The summed E-state index contributed by atoms with van der Waals surface area (Å²) >= 11 is 6.27. The molecular weight excluding hydrogens is 326 g/mol. The highest BCUT2D eigenvalue weighted by atomic mass is 35.5. The van der Waals surface area contributed by atoms with Crippen LogP contribution in [0, 0.1) is 12.8 Å². The average Bonchev–Trinajstić information content (AvgIpc) is 2.85. The van der Waals surface area contributed by atoms with Crippen molar-refractivity contribution in [3.63, 3.8) is 0 Å². The van der Waals surface area contributed by atoms with Crippen molar-refractivity contribution in [2.45, 2.75) is 33.4 Å². The SMILES string of the molecule is Cc1nn2c(=O)n(Cc3ccccc3)c([C@H](O)C(C)C)cc2c1Cl. The molecular formula is C18H20ClN3O2. The second kappa shape index (κ2) is 6.42. The van der Waals surface area contributed by atoms with Gasteiger partial charge in [-0.1, -0.05) is 55.8 Å². The highest BCUT2D eigenvalue weighted by Gasteiger charge is 2.21. The van der Waals surface area contributed by atoms with Crippen LogP contribution < -0.4 is 5.69 Å². The molecule has 0 radical (unpaired) electrons. The first-order valence-electron chi connectivity index (χ1n) is 7.90. The Morgan fingerprint density at radius 2 is 1.92 bits per heavy atom. The van der Waals surface area contributed by atoms with E-state index in [1.165, 1.54) is 4.52 Å². The van der Waals surface area contributed by atoms with Gasteiger partial charge in [0.15, 0.2) is 0 Å². The molecule has 126 valence electrons. The first kappa shape index (κ1) is 16.7. The van der Waals surface area contributed by atoms with E-state index in [0.29, 0.717) is 28.5 Å². The molecule has 24 heavy (non-hydrogen) atoms. The van der Waals surface area contributed by atoms with Crippen LogP contribution in [0.1, 0.15) is 36.9 Å². The number of aromatic nitrogens is 3. The number of aryl methyl sites for hydroxylation is 1. The number of aliphatic hydroxyl groups excluding tert-OH is 1. The fraction of sp³-hybridized carbons (Fsp3) is 0.333. The van der Waals surface area contributed by atoms with Crippen LogP contribution in [0.3, 0.4) is 0 Å². The number of aliphatic hydroxyl groups is 1. The summed E-state index contributed by atoms with van der Waals surface area (Å²) in [6.45, 7) is 5.95. The average molecular weight is 346 g/mol. The number of benzene rings is 1.